The van der Waals surface area contributed by atoms with Crippen LogP contribution in [0.2, 0.25) is 0 Å². The number of nitrogens with zero attached hydrogens (tertiary/aromatic N) is 1. The van der Waals surface area contributed by atoms with Gasteiger partial charge in [-0.3, -0.25) is 4.99 Å². The smallest absolute Gasteiger partial charge is 0.399 e. The summed E-state index contributed by atoms with van der Waals surface area (Å²) in [5.41, 5.74) is 7.24. The van der Waals surface area contributed by atoms with E-state index in [2.05, 4.69) is 10.3 Å². The Kier molecular flexibility index (Phi) is 3.74. The van der Waals surface area contributed by atoms with E-state index in [1.807, 2.05) is 13.0 Å². The third-order valence-electron chi connectivity index (χ3n) is 3.09. The van der Waals surface area contributed by atoms with Crippen molar-refractivity contribution >= 4 is 11.4 Å². The second kappa shape index (κ2) is 5.19. The van der Waals surface area contributed by atoms with Gasteiger partial charge >= 0.3 is 6.18 Å². The minimum Gasteiger partial charge on any atom is -0.399 e. The van der Waals surface area contributed by atoms with Gasteiger partial charge in [0.05, 0.1) is 12.1 Å². The average Bonchev–Trinajstić information content (AvgIpc) is 2.72. The van der Waals surface area contributed by atoms with E-state index in [4.69, 9.17) is 5.73 Å². The number of rotatable bonds is 3. The summed E-state index contributed by atoms with van der Waals surface area (Å²) in [5.74, 6) is 0. The molecule has 1 aliphatic rings. The van der Waals surface area contributed by atoms with Gasteiger partial charge in [-0.1, -0.05) is 0 Å². The third-order valence-corrected chi connectivity index (χ3v) is 3.09. The fraction of sp³-hybridized carbons (Fsp3) is 0.357. The van der Waals surface area contributed by atoms with Gasteiger partial charge in [0.1, 0.15) is 0 Å². The zero-order chi connectivity index (χ0) is 14.9. The van der Waals surface area contributed by atoms with Crippen LogP contribution < -0.4 is 11.1 Å². The number of halogens is 3. The zero-order valence-corrected chi connectivity index (χ0v) is 11.3. The molecule has 1 heterocycles. The van der Waals surface area contributed by atoms with Gasteiger partial charge in [0.15, 0.2) is 0 Å². The molecule has 0 spiro atoms. The topological polar surface area (TPSA) is 50.4 Å². The van der Waals surface area contributed by atoms with E-state index in [1.165, 1.54) is 0 Å². The first kappa shape index (κ1) is 14.4. The maximum absolute atomic E-state index is 12.8. The Bertz CT molecular complexity index is 574. The van der Waals surface area contributed by atoms with Gasteiger partial charge < -0.3 is 11.1 Å². The van der Waals surface area contributed by atoms with Crippen LogP contribution in [0.15, 0.2) is 35.0 Å². The fourth-order valence-electron chi connectivity index (χ4n) is 2.09. The normalized spacial score (nSPS) is 16.6. The summed E-state index contributed by atoms with van der Waals surface area (Å²) in [6, 6.07) is 3.35. The van der Waals surface area contributed by atoms with E-state index < -0.39 is 11.7 Å². The van der Waals surface area contributed by atoms with Crippen LogP contribution in [0.4, 0.5) is 18.9 Å². The summed E-state index contributed by atoms with van der Waals surface area (Å²) in [4.78, 5) is 4.20. The molecule has 0 unspecified atom stereocenters. The molecule has 108 valence electrons. The quantitative estimate of drug-likeness (QED) is 0.836. The number of nitrogens with two attached hydrogens (primary N) is 1. The minimum atomic E-state index is -4.39. The molecule has 1 aromatic rings. The fourth-order valence-corrected chi connectivity index (χ4v) is 2.09. The van der Waals surface area contributed by atoms with Crippen molar-refractivity contribution in [3.8, 4) is 0 Å². The van der Waals surface area contributed by atoms with Crippen molar-refractivity contribution in [3.63, 3.8) is 0 Å². The molecule has 0 fully saturated rings. The van der Waals surface area contributed by atoms with Crippen LogP contribution in [0, 0.1) is 0 Å². The van der Waals surface area contributed by atoms with Crippen LogP contribution in [-0.2, 0) is 6.18 Å². The number of nitrogens with one attached hydrogen (secondary N) is 1. The number of aliphatic imine (C=N–C) groups is 1. The van der Waals surface area contributed by atoms with Crippen LogP contribution in [-0.4, -0.2) is 12.3 Å². The zero-order valence-electron chi connectivity index (χ0n) is 11.3. The Balaban J connectivity index is 2.20. The van der Waals surface area contributed by atoms with E-state index in [0.717, 1.165) is 23.5 Å². The van der Waals surface area contributed by atoms with Crippen molar-refractivity contribution in [2.75, 3.05) is 12.3 Å². The van der Waals surface area contributed by atoms with E-state index >= 15 is 0 Å². The van der Waals surface area contributed by atoms with E-state index in [0.29, 0.717) is 12.1 Å². The van der Waals surface area contributed by atoms with Gasteiger partial charge in [0.25, 0.3) is 0 Å². The highest BCUT2D eigenvalue weighted by molar-refractivity contribution is 5.95. The van der Waals surface area contributed by atoms with Crippen molar-refractivity contribution in [3.05, 3.63) is 41.1 Å². The molecule has 3 nitrogen and oxygen atoms in total. The van der Waals surface area contributed by atoms with Crippen molar-refractivity contribution in [2.45, 2.75) is 26.1 Å². The molecule has 0 amide bonds. The molecule has 0 bridgehead atoms. The van der Waals surface area contributed by atoms with Crippen LogP contribution >= 0.6 is 0 Å². The first-order chi connectivity index (χ1) is 9.25. The van der Waals surface area contributed by atoms with Crippen LogP contribution in [0.5, 0.6) is 0 Å². The Morgan fingerprint density at radius 3 is 2.55 bits per heavy atom. The van der Waals surface area contributed by atoms with Gasteiger partial charge in [0, 0.05) is 23.1 Å². The monoisotopic (exact) mass is 283 g/mol. The van der Waals surface area contributed by atoms with Crippen LogP contribution in [0.3, 0.4) is 0 Å². The van der Waals surface area contributed by atoms with Crippen LogP contribution in [0.1, 0.15) is 31.0 Å². The van der Waals surface area contributed by atoms with Crippen LogP contribution in [0.25, 0.3) is 0 Å². The largest absolute Gasteiger partial charge is 0.416 e. The molecule has 20 heavy (non-hydrogen) atoms. The first-order valence-corrected chi connectivity index (χ1v) is 6.21. The molecule has 0 aromatic heterocycles. The lowest BCUT2D eigenvalue weighted by molar-refractivity contribution is -0.137. The number of hydrogen-bond donors (Lipinski definition) is 2. The third kappa shape index (κ3) is 3.31. The summed E-state index contributed by atoms with van der Waals surface area (Å²) in [5, 5.41) is 3.16. The molecule has 2 rings (SSSR count). The molecule has 0 aliphatic carbocycles. The number of allylic oxidation sites excluding steroid dienone is 1. The standard InChI is InChI=1S/C14H16F3N3/c1-8-3-13(7-19-8)20-9(2)10-4-11(14(15,16)17)6-12(18)5-10/h3-6,9,20H,7,18H2,1-2H3/t9-/m1/s1. The van der Waals surface area contributed by atoms with Crippen molar-refractivity contribution < 1.29 is 13.2 Å². The Morgan fingerprint density at radius 1 is 1.30 bits per heavy atom. The molecular formula is C14H16F3N3. The molecule has 0 saturated heterocycles. The lowest BCUT2D eigenvalue weighted by Crippen LogP contribution is -2.20. The summed E-state index contributed by atoms with van der Waals surface area (Å²) >= 11 is 0. The van der Waals surface area contributed by atoms with Gasteiger partial charge in [-0.05, 0) is 43.7 Å². The molecule has 1 aromatic carbocycles. The molecule has 3 N–H and O–H groups in total. The number of nitrogen functional groups attached to an aromatic ring is 1. The molecule has 6 heteroatoms. The Hall–Kier alpha value is -1.98. The SMILES string of the molecule is CC1=NCC(N[C@H](C)c2cc(N)cc(C(F)(F)F)c2)=C1. The van der Waals surface area contributed by atoms with E-state index in [-0.39, 0.29) is 11.7 Å². The molecular weight excluding hydrogens is 267 g/mol. The minimum absolute atomic E-state index is 0.108. The summed E-state index contributed by atoms with van der Waals surface area (Å²) in [6.45, 7) is 4.20. The van der Waals surface area contributed by atoms with E-state index in [1.54, 1.807) is 13.0 Å². The molecule has 1 atom stereocenters. The van der Waals surface area contributed by atoms with Gasteiger partial charge in [-0.25, -0.2) is 0 Å². The van der Waals surface area contributed by atoms with Gasteiger partial charge in [-0.2, -0.15) is 13.2 Å². The maximum Gasteiger partial charge on any atom is 0.416 e. The van der Waals surface area contributed by atoms with Crippen molar-refractivity contribution in [1.82, 2.24) is 5.32 Å². The summed E-state index contributed by atoms with van der Waals surface area (Å²) in [7, 11) is 0. The lowest BCUT2D eigenvalue weighted by atomic mass is 10.0. The summed E-state index contributed by atoms with van der Waals surface area (Å²) in [6.07, 6.45) is -2.51. The highest BCUT2D eigenvalue weighted by atomic mass is 19.4. The second-order valence-corrected chi connectivity index (χ2v) is 4.88. The maximum atomic E-state index is 12.8. The second-order valence-electron chi connectivity index (χ2n) is 4.88. The highest BCUT2D eigenvalue weighted by Gasteiger charge is 2.31. The lowest BCUT2D eigenvalue weighted by Gasteiger charge is -2.18. The Morgan fingerprint density at radius 2 is 2.00 bits per heavy atom. The molecule has 0 saturated carbocycles. The number of hydrogen-bond acceptors (Lipinski definition) is 3. The molecule has 0 radical (unpaired) electrons. The first-order valence-electron chi connectivity index (χ1n) is 6.21. The van der Waals surface area contributed by atoms with Gasteiger partial charge in [-0.15, -0.1) is 0 Å². The van der Waals surface area contributed by atoms with Crippen molar-refractivity contribution in [2.24, 2.45) is 4.99 Å². The van der Waals surface area contributed by atoms with E-state index in [9.17, 15) is 13.2 Å². The number of benzene rings is 1. The van der Waals surface area contributed by atoms with Gasteiger partial charge in [0.2, 0.25) is 0 Å². The summed E-state index contributed by atoms with van der Waals surface area (Å²) < 4.78 is 38.3. The Labute approximate surface area is 115 Å². The highest BCUT2D eigenvalue weighted by Crippen LogP contribution is 2.32. The predicted octanol–water partition coefficient (Wildman–Crippen LogP) is 3.30. The number of alkyl halides is 3. The molecule has 1 aliphatic heterocycles. The number of anilines is 1. The average molecular weight is 283 g/mol. The van der Waals surface area contributed by atoms with Crippen molar-refractivity contribution in [1.29, 1.82) is 0 Å². The predicted molar refractivity (Wildman–Crippen MR) is 73.5 cm³/mol.